The minimum atomic E-state index is -0.689. The van der Waals surface area contributed by atoms with E-state index in [1.807, 2.05) is 0 Å². The summed E-state index contributed by atoms with van der Waals surface area (Å²) in [6, 6.07) is 8.38. The van der Waals surface area contributed by atoms with Crippen molar-refractivity contribution >= 4 is 11.4 Å². The summed E-state index contributed by atoms with van der Waals surface area (Å²) in [4.78, 5) is 20.1. The van der Waals surface area contributed by atoms with Crippen molar-refractivity contribution in [2.24, 2.45) is 0 Å². The maximum absolute atomic E-state index is 11.6. The summed E-state index contributed by atoms with van der Waals surface area (Å²) in [6.07, 6.45) is 0. The van der Waals surface area contributed by atoms with E-state index in [1.54, 1.807) is 0 Å². The summed E-state index contributed by atoms with van der Waals surface area (Å²) in [5, 5.41) is 33.0. The Bertz CT molecular complexity index is 685. The molecule has 0 spiro atoms. The second kappa shape index (κ2) is 5.22. The Hall–Kier alpha value is -3.16. The number of para-hydroxylation sites is 2. The largest absolute Gasteiger partial charge is 0.446 e. The van der Waals surface area contributed by atoms with E-state index < -0.39 is 15.6 Å². The Morgan fingerprint density at radius 3 is 2.25 bits per heavy atom. The van der Waals surface area contributed by atoms with Gasteiger partial charge in [-0.15, -0.1) is 0 Å². The van der Waals surface area contributed by atoms with E-state index in [1.165, 1.54) is 24.3 Å². The van der Waals surface area contributed by atoms with Crippen LogP contribution in [-0.4, -0.2) is 9.85 Å². The minimum Gasteiger partial charge on any atom is -0.446 e. The first kappa shape index (κ1) is 13.3. The summed E-state index contributed by atoms with van der Waals surface area (Å²) in [5.41, 5.74) is -0.670. The summed E-state index contributed by atoms with van der Waals surface area (Å²) >= 11 is 0. The van der Waals surface area contributed by atoms with E-state index in [-0.39, 0.29) is 22.9 Å². The van der Waals surface area contributed by atoms with Gasteiger partial charge in [-0.05, 0) is 12.1 Å². The van der Waals surface area contributed by atoms with Gasteiger partial charge in [0.15, 0.2) is 5.75 Å². The third-order valence-corrected chi connectivity index (χ3v) is 2.42. The molecule has 0 saturated carbocycles. The van der Waals surface area contributed by atoms with Gasteiger partial charge in [0, 0.05) is 12.1 Å². The molecule has 0 atom stereocenters. The Labute approximate surface area is 112 Å². The first-order valence-corrected chi connectivity index (χ1v) is 5.36. The first-order chi connectivity index (χ1) is 9.49. The molecule has 0 aliphatic heterocycles. The number of hydrogen-bond acceptors (Lipinski definition) is 5. The van der Waals surface area contributed by atoms with Crippen LogP contribution in [0.3, 0.4) is 0 Å². The predicted molar refractivity (Wildman–Crippen MR) is 66.4 cm³/mol. The van der Waals surface area contributed by atoms with E-state index in [0.717, 1.165) is 18.2 Å². The normalized spacial score (nSPS) is 10.0. The number of nitrogens with zero attached hydrogens (tertiary/aromatic N) is 2. The molecule has 2 aromatic rings. The molecule has 2 rings (SSSR count). The van der Waals surface area contributed by atoms with Crippen LogP contribution in [0.25, 0.3) is 0 Å². The van der Waals surface area contributed by atoms with Crippen molar-refractivity contribution < 1.29 is 19.7 Å². The minimum absolute atomic E-state index is 0.157. The number of rotatable bonds is 4. The molecule has 0 aliphatic rings. The highest BCUT2D eigenvalue weighted by Gasteiger charge is 2.18. The molecule has 1 radical (unpaired) electrons. The Morgan fingerprint density at radius 1 is 0.900 bits per heavy atom. The number of nitro benzene ring substituents is 2. The smallest absolute Gasteiger partial charge is 0.311 e. The van der Waals surface area contributed by atoms with Gasteiger partial charge in [0.1, 0.15) is 0 Å². The topological polar surface area (TPSA) is 115 Å². The fourth-order valence-corrected chi connectivity index (χ4v) is 1.50. The molecule has 0 amide bonds. The van der Waals surface area contributed by atoms with Crippen LogP contribution in [0.1, 0.15) is 0 Å². The van der Waals surface area contributed by atoms with Crippen LogP contribution in [0, 0.1) is 20.2 Å². The molecular weight excluding hydrogens is 268 g/mol. The fraction of sp³-hybridized carbons (Fsp3) is 0. The zero-order chi connectivity index (χ0) is 14.7. The zero-order valence-electron chi connectivity index (χ0n) is 9.89. The Morgan fingerprint density at radius 2 is 1.60 bits per heavy atom. The van der Waals surface area contributed by atoms with Crippen LogP contribution in [0.15, 0.2) is 42.5 Å². The maximum Gasteiger partial charge on any atom is 0.311 e. The molecule has 0 N–H and O–H groups in total. The molecule has 2 aromatic carbocycles. The molecule has 0 aliphatic carbocycles. The number of ether oxygens (including phenoxy) is 1. The molecule has 8 nitrogen and oxygen atoms in total. The highest BCUT2D eigenvalue weighted by Crippen LogP contribution is 2.37. The van der Waals surface area contributed by atoms with Crippen LogP contribution < -0.4 is 4.74 Å². The second-order valence-corrected chi connectivity index (χ2v) is 3.72. The average Bonchev–Trinajstić information content (AvgIpc) is 2.41. The zero-order valence-corrected chi connectivity index (χ0v) is 9.89. The van der Waals surface area contributed by atoms with Gasteiger partial charge in [-0.2, -0.15) is 0 Å². The van der Waals surface area contributed by atoms with Crippen molar-refractivity contribution in [3.05, 3.63) is 62.7 Å². The maximum atomic E-state index is 11.6. The van der Waals surface area contributed by atoms with Crippen LogP contribution in [-0.2, 0) is 5.11 Å². The van der Waals surface area contributed by atoms with E-state index >= 15 is 0 Å². The highest BCUT2D eigenvalue weighted by molar-refractivity contribution is 5.53. The lowest BCUT2D eigenvalue weighted by atomic mass is 10.2. The molecule has 101 valence electrons. The third kappa shape index (κ3) is 2.64. The number of nitro groups is 2. The molecule has 0 saturated heterocycles. The quantitative estimate of drug-likeness (QED) is 0.625. The molecule has 0 aromatic heterocycles. The van der Waals surface area contributed by atoms with Gasteiger partial charge >= 0.3 is 5.69 Å². The summed E-state index contributed by atoms with van der Waals surface area (Å²) < 4.78 is 5.13. The molecule has 0 unspecified atom stereocenters. The van der Waals surface area contributed by atoms with E-state index in [2.05, 4.69) is 0 Å². The molecule has 0 bridgehead atoms. The van der Waals surface area contributed by atoms with Gasteiger partial charge in [0.25, 0.3) is 5.69 Å². The van der Waals surface area contributed by atoms with E-state index in [9.17, 15) is 25.3 Å². The van der Waals surface area contributed by atoms with Crippen molar-refractivity contribution in [3.8, 4) is 17.2 Å². The van der Waals surface area contributed by atoms with Crippen LogP contribution in [0.4, 0.5) is 11.4 Å². The summed E-state index contributed by atoms with van der Waals surface area (Å²) in [6.45, 7) is 0. The van der Waals surface area contributed by atoms with Crippen molar-refractivity contribution in [2.45, 2.75) is 0 Å². The monoisotopic (exact) mass is 275 g/mol. The standard InChI is InChI=1S/C12H7N2O6/c15-10-6-5-8(13(16)17)7-12(10)20-11-4-2-1-3-9(11)14(18)19/h1-7H. The average molecular weight is 275 g/mol. The molecule has 0 heterocycles. The van der Waals surface area contributed by atoms with Crippen molar-refractivity contribution in [1.82, 2.24) is 0 Å². The lowest BCUT2D eigenvalue weighted by Gasteiger charge is -2.06. The SMILES string of the molecule is [O]c1ccc([N+](=O)[O-])cc1Oc1ccccc1[N+](=O)[O-]. The fourth-order valence-electron chi connectivity index (χ4n) is 1.50. The molecule has 8 heteroatoms. The first-order valence-electron chi connectivity index (χ1n) is 5.36. The lowest BCUT2D eigenvalue weighted by Crippen LogP contribution is -1.94. The number of non-ortho nitro benzene ring substituents is 1. The van der Waals surface area contributed by atoms with Gasteiger partial charge in [0.05, 0.1) is 15.9 Å². The van der Waals surface area contributed by atoms with Gasteiger partial charge in [-0.1, -0.05) is 12.1 Å². The van der Waals surface area contributed by atoms with Crippen molar-refractivity contribution in [1.29, 1.82) is 0 Å². The van der Waals surface area contributed by atoms with Crippen LogP contribution in [0.5, 0.6) is 17.2 Å². The molecule has 0 fully saturated rings. The van der Waals surface area contributed by atoms with Crippen molar-refractivity contribution in [3.63, 3.8) is 0 Å². The lowest BCUT2D eigenvalue weighted by molar-refractivity contribution is -0.386. The van der Waals surface area contributed by atoms with E-state index in [4.69, 9.17) is 4.74 Å². The van der Waals surface area contributed by atoms with Crippen LogP contribution in [0.2, 0.25) is 0 Å². The van der Waals surface area contributed by atoms with Crippen LogP contribution >= 0.6 is 0 Å². The van der Waals surface area contributed by atoms with E-state index in [0.29, 0.717) is 0 Å². The second-order valence-electron chi connectivity index (χ2n) is 3.72. The third-order valence-electron chi connectivity index (χ3n) is 2.42. The molecular formula is C12H7N2O6. The van der Waals surface area contributed by atoms with Gasteiger partial charge < -0.3 is 4.74 Å². The number of benzene rings is 2. The van der Waals surface area contributed by atoms with Gasteiger partial charge in [-0.3, -0.25) is 25.3 Å². The highest BCUT2D eigenvalue weighted by atomic mass is 16.6. The van der Waals surface area contributed by atoms with Crippen molar-refractivity contribution in [2.75, 3.05) is 0 Å². The number of hydrogen-bond donors (Lipinski definition) is 0. The summed E-state index contributed by atoms with van der Waals surface area (Å²) in [5.74, 6) is -1.10. The summed E-state index contributed by atoms with van der Waals surface area (Å²) in [7, 11) is 0. The Balaban J connectivity index is 2.42. The van der Waals surface area contributed by atoms with Gasteiger partial charge in [0.2, 0.25) is 11.5 Å². The predicted octanol–water partition coefficient (Wildman–Crippen LogP) is 3.44. The van der Waals surface area contributed by atoms with Gasteiger partial charge in [-0.25, -0.2) is 0 Å². The Kier molecular flexibility index (Phi) is 3.47. The molecule has 20 heavy (non-hydrogen) atoms.